The third kappa shape index (κ3) is 3.80. The van der Waals surface area contributed by atoms with Crippen molar-refractivity contribution in [3.8, 4) is 5.75 Å². The summed E-state index contributed by atoms with van der Waals surface area (Å²) in [5.41, 5.74) is 1.19. The summed E-state index contributed by atoms with van der Waals surface area (Å²) in [5, 5.41) is 3.16. The molecular weight excluding hydrogens is 266 g/mol. The lowest BCUT2D eigenvalue weighted by Crippen LogP contribution is -2.14. The molecule has 2 nitrogen and oxygen atoms in total. The van der Waals surface area contributed by atoms with Gasteiger partial charge in [0.25, 0.3) is 0 Å². The largest absolute Gasteiger partial charge is 0.489 e. The van der Waals surface area contributed by atoms with Gasteiger partial charge in [-0.25, -0.2) is 0 Å². The first kappa shape index (κ1) is 13.5. The zero-order chi connectivity index (χ0) is 12.0. The molecule has 0 heterocycles. The van der Waals surface area contributed by atoms with E-state index >= 15 is 0 Å². The summed E-state index contributed by atoms with van der Waals surface area (Å²) in [6.07, 6.45) is 2.49. The van der Waals surface area contributed by atoms with Gasteiger partial charge in [0, 0.05) is 12.1 Å². The molecule has 1 rings (SSSR count). The second-order valence-corrected chi connectivity index (χ2v) is 4.83. The minimum Gasteiger partial charge on any atom is -0.489 e. The van der Waals surface area contributed by atoms with Crippen LogP contribution in [0.2, 0.25) is 0 Å². The van der Waals surface area contributed by atoms with E-state index in [4.69, 9.17) is 4.74 Å². The van der Waals surface area contributed by atoms with Crippen LogP contribution in [0.1, 0.15) is 32.3 Å². The number of hydrogen-bond donors (Lipinski definition) is 1. The average molecular weight is 286 g/mol. The number of benzene rings is 1. The maximum Gasteiger partial charge on any atom is 0.138 e. The van der Waals surface area contributed by atoms with E-state index in [0.29, 0.717) is 0 Å². The highest BCUT2D eigenvalue weighted by Crippen LogP contribution is 2.30. The normalized spacial score (nSPS) is 12.5. The Bertz CT molecular complexity index is 328. The lowest BCUT2D eigenvalue weighted by molar-refractivity contribution is 0.206. The van der Waals surface area contributed by atoms with Gasteiger partial charge < -0.3 is 10.1 Å². The highest BCUT2D eigenvalue weighted by atomic mass is 79.9. The Morgan fingerprint density at radius 1 is 1.44 bits per heavy atom. The van der Waals surface area contributed by atoms with Gasteiger partial charge in [0.15, 0.2) is 0 Å². The molecule has 1 atom stereocenters. The van der Waals surface area contributed by atoms with E-state index in [0.717, 1.165) is 29.6 Å². The van der Waals surface area contributed by atoms with Crippen LogP contribution in [0.5, 0.6) is 5.75 Å². The first-order valence-corrected chi connectivity index (χ1v) is 6.57. The molecule has 0 aliphatic rings. The van der Waals surface area contributed by atoms with Crippen molar-refractivity contribution in [1.82, 2.24) is 5.32 Å². The fraction of sp³-hybridized carbons (Fsp3) is 0.538. The monoisotopic (exact) mass is 285 g/mol. The minimum absolute atomic E-state index is 0.263. The van der Waals surface area contributed by atoms with Crippen molar-refractivity contribution in [3.63, 3.8) is 0 Å². The second-order valence-electron chi connectivity index (χ2n) is 3.98. The van der Waals surface area contributed by atoms with E-state index in [1.807, 2.05) is 19.2 Å². The molecule has 1 N–H and O–H groups in total. The Hall–Kier alpha value is -0.540. The summed E-state index contributed by atoms with van der Waals surface area (Å²) in [6, 6.07) is 6.15. The Morgan fingerprint density at radius 3 is 2.81 bits per heavy atom. The molecule has 0 radical (unpaired) electrons. The molecule has 1 unspecified atom stereocenters. The maximum atomic E-state index is 5.98. The average Bonchev–Trinajstić information content (AvgIpc) is 2.24. The Kier molecular flexibility index (Phi) is 5.85. The molecule has 0 fully saturated rings. The molecule has 0 spiro atoms. The molecule has 90 valence electrons. The van der Waals surface area contributed by atoms with Crippen LogP contribution in [0.4, 0.5) is 0 Å². The Balaban J connectivity index is 2.83. The number of ether oxygens (including phenoxy) is 1. The summed E-state index contributed by atoms with van der Waals surface area (Å²) in [4.78, 5) is 0. The lowest BCUT2D eigenvalue weighted by Gasteiger charge is -2.18. The van der Waals surface area contributed by atoms with Crippen molar-refractivity contribution in [2.75, 3.05) is 7.05 Å². The van der Waals surface area contributed by atoms with Crippen molar-refractivity contribution < 1.29 is 4.74 Å². The van der Waals surface area contributed by atoms with Crippen LogP contribution < -0.4 is 10.1 Å². The highest BCUT2D eigenvalue weighted by molar-refractivity contribution is 9.10. The van der Waals surface area contributed by atoms with Gasteiger partial charge in [-0.15, -0.1) is 0 Å². The van der Waals surface area contributed by atoms with Crippen LogP contribution in [-0.2, 0) is 6.54 Å². The number of nitrogens with one attached hydrogen (secondary N) is 1. The van der Waals surface area contributed by atoms with E-state index < -0.39 is 0 Å². The Morgan fingerprint density at radius 2 is 2.19 bits per heavy atom. The molecule has 0 aliphatic heterocycles. The third-order valence-corrected chi connectivity index (χ3v) is 3.05. The maximum absolute atomic E-state index is 5.98. The van der Waals surface area contributed by atoms with Crippen LogP contribution in [0.25, 0.3) is 0 Å². The molecule has 1 aromatic rings. The SMILES string of the molecule is CCCC(C)Oc1c(Br)cccc1CNC. The summed E-state index contributed by atoms with van der Waals surface area (Å²) in [5.74, 6) is 0.970. The fourth-order valence-corrected chi connectivity index (χ4v) is 2.18. The zero-order valence-electron chi connectivity index (χ0n) is 10.2. The quantitative estimate of drug-likeness (QED) is 0.860. The zero-order valence-corrected chi connectivity index (χ0v) is 11.8. The van der Waals surface area contributed by atoms with E-state index in [9.17, 15) is 0 Å². The van der Waals surface area contributed by atoms with Gasteiger partial charge in [0.1, 0.15) is 5.75 Å². The minimum atomic E-state index is 0.263. The van der Waals surface area contributed by atoms with E-state index in [1.54, 1.807) is 0 Å². The van der Waals surface area contributed by atoms with E-state index in [-0.39, 0.29) is 6.10 Å². The van der Waals surface area contributed by atoms with Gasteiger partial charge >= 0.3 is 0 Å². The second kappa shape index (κ2) is 6.92. The molecule has 0 amide bonds. The number of rotatable bonds is 6. The summed E-state index contributed by atoms with van der Waals surface area (Å²) >= 11 is 3.54. The van der Waals surface area contributed by atoms with Crippen LogP contribution >= 0.6 is 15.9 Å². The lowest BCUT2D eigenvalue weighted by atomic mass is 10.2. The molecule has 0 aliphatic carbocycles. The van der Waals surface area contributed by atoms with Crippen LogP contribution in [0.15, 0.2) is 22.7 Å². The first-order chi connectivity index (χ1) is 7.69. The number of halogens is 1. The van der Waals surface area contributed by atoms with E-state index in [2.05, 4.69) is 41.2 Å². The molecule has 3 heteroatoms. The third-order valence-electron chi connectivity index (χ3n) is 2.43. The van der Waals surface area contributed by atoms with Crippen molar-refractivity contribution in [3.05, 3.63) is 28.2 Å². The molecule has 16 heavy (non-hydrogen) atoms. The molecular formula is C13H20BrNO. The Labute approximate surface area is 107 Å². The number of hydrogen-bond acceptors (Lipinski definition) is 2. The van der Waals surface area contributed by atoms with Crippen molar-refractivity contribution in [2.24, 2.45) is 0 Å². The molecule has 0 bridgehead atoms. The van der Waals surface area contributed by atoms with Crippen LogP contribution in [0, 0.1) is 0 Å². The van der Waals surface area contributed by atoms with Gasteiger partial charge in [-0.05, 0) is 42.4 Å². The van der Waals surface area contributed by atoms with Gasteiger partial charge in [0.05, 0.1) is 10.6 Å². The van der Waals surface area contributed by atoms with Gasteiger partial charge in [-0.1, -0.05) is 25.5 Å². The summed E-state index contributed by atoms with van der Waals surface area (Å²) in [7, 11) is 1.94. The molecule has 0 saturated heterocycles. The fourth-order valence-electron chi connectivity index (χ4n) is 1.68. The van der Waals surface area contributed by atoms with Crippen molar-refractivity contribution in [1.29, 1.82) is 0 Å². The number of para-hydroxylation sites is 1. The predicted molar refractivity (Wildman–Crippen MR) is 71.9 cm³/mol. The predicted octanol–water partition coefficient (Wildman–Crippen LogP) is 3.74. The highest BCUT2D eigenvalue weighted by Gasteiger charge is 2.10. The van der Waals surface area contributed by atoms with E-state index in [1.165, 1.54) is 5.56 Å². The standard InChI is InChI=1S/C13H20BrNO/c1-4-6-10(2)16-13-11(9-15-3)7-5-8-12(13)14/h5,7-8,10,15H,4,6,9H2,1-3H3. The molecule has 0 aromatic heterocycles. The van der Waals surface area contributed by atoms with Crippen molar-refractivity contribution in [2.45, 2.75) is 39.3 Å². The first-order valence-electron chi connectivity index (χ1n) is 5.77. The summed E-state index contributed by atoms with van der Waals surface area (Å²) in [6.45, 7) is 5.12. The van der Waals surface area contributed by atoms with Crippen LogP contribution in [0.3, 0.4) is 0 Å². The smallest absolute Gasteiger partial charge is 0.138 e. The van der Waals surface area contributed by atoms with Gasteiger partial charge in [-0.3, -0.25) is 0 Å². The summed E-state index contributed by atoms with van der Waals surface area (Å²) < 4.78 is 7.01. The van der Waals surface area contributed by atoms with Crippen molar-refractivity contribution >= 4 is 15.9 Å². The molecule has 0 saturated carbocycles. The van der Waals surface area contributed by atoms with Crippen LogP contribution in [-0.4, -0.2) is 13.2 Å². The van der Waals surface area contributed by atoms with Gasteiger partial charge in [0.2, 0.25) is 0 Å². The molecule has 1 aromatic carbocycles. The topological polar surface area (TPSA) is 21.3 Å². The van der Waals surface area contributed by atoms with Gasteiger partial charge in [-0.2, -0.15) is 0 Å².